The summed E-state index contributed by atoms with van der Waals surface area (Å²) in [7, 11) is 0. The van der Waals surface area contributed by atoms with Gasteiger partial charge in [0.2, 0.25) is 0 Å². The number of phenols is 1. The molecule has 2 unspecified atom stereocenters. The normalized spacial score (nSPS) is 12.8. The lowest BCUT2D eigenvalue weighted by Gasteiger charge is -2.20. The molecule has 2 atom stereocenters. The van der Waals surface area contributed by atoms with Crippen LogP contribution in [0.25, 0.3) is 0 Å². The Hall–Kier alpha value is -1.92. The summed E-state index contributed by atoms with van der Waals surface area (Å²) in [5, 5.41) is 22.8. The van der Waals surface area contributed by atoms with Crippen LogP contribution in [0.1, 0.15) is 29.3 Å². The molecule has 0 aliphatic rings. The highest BCUT2D eigenvalue weighted by atomic mass is 35.5. The summed E-state index contributed by atoms with van der Waals surface area (Å²) < 4.78 is 5.77. The van der Waals surface area contributed by atoms with Gasteiger partial charge in [-0.3, -0.25) is 4.79 Å². The van der Waals surface area contributed by atoms with Gasteiger partial charge in [0, 0.05) is 18.5 Å². The first-order valence-corrected chi connectivity index (χ1v) is 8.97. The Labute approximate surface area is 166 Å². The molecule has 0 spiro atoms. The molecule has 0 saturated carbocycles. The van der Waals surface area contributed by atoms with Crippen molar-refractivity contribution in [3.05, 3.63) is 65.7 Å². The van der Waals surface area contributed by atoms with E-state index in [9.17, 15) is 15.0 Å². The number of hydrogen-bond donors (Lipinski definition) is 3. The molecule has 6 heteroatoms. The number of nitrogens with one attached hydrogen (secondary N) is 1. The minimum Gasteiger partial charge on any atom is -0.508 e. The zero-order chi connectivity index (χ0) is 18.8. The number of carbonyl (C=O) groups is 1. The molecule has 0 aliphatic heterocycles. The highest BCUT2D eigenvalue weighted by Crippen LogP contribution is 2.16. The number of Topliss-reactive ketones (excluding diaryl/α,β-unsaturated/α-hetero) is 1. The van der Waals surface area contributed by atoms with Crippen LogP contribution in [0.15, 0.2) is 54.6 Å². The predicted molar refractivity (Wildman–Crippen MR) is 109 cm³/mol. The smallest absolute Gasteiger partial charge is 0.191 e. The average Bonchev–Trinajstić information content (AvgIpc) is 2.65. The van der Waals surface area contributed by atoms with Gasteiger partial charge in [-0.25, -0.2) is 0 Å². The Morgan fingerprint density at radius 3 is 2.56 bits per heavy atom. The monoisotopic (exact) mass is 393 g/mol. The zero-order valence-electron chi connectivity index (χ0n) is 15.5. The third kappa shape index (κ3) is 8.10. The number of aliphatic hydroxyl groups is 1. The van der Waals surface area contributed by atoms with Gasteiger partial charge in [0.1, 0.15) is 11.9 Å². The maximum Gasteiger partial charge on any atom is 0.191 e. The van der Waals surface area contributed by atoms with Gasteiger partial charge in [-0.2, -0.15) is 0 Å². The molecule has 0 saturated heterocycles. The summed E-state index contributed by atoms with van der Waals surface area (Å²) in [4.78, 5) is 12.8. The fraction of sp³-hybridized carbons (Fsp3) is 0.381. The number of rotatable bonds is 11. The Balaban J connectivity index is 0.00000364. The van der Waals surface area contributed by atoms with Crippen molar-refractivity contribution in [3.8, 4) is 5.75 Å². The molecule has 0 bridgehead atoms. The number of ether oxygens (including phenoxy) is 1. The Morgan fingerprint density at radius 1 is 1.15 bits per heavy atom. The van der Waals surface area contributed by atoms with Gasteiger partial charge < -0.3 is 20.3 Å². The number of halogens is 1. The lowest BCUT2D eigenvalue weighted by molar-refractivity contribution is -0.00164. The van der Waals surface area contributed by atoms with Crippen molar-refractivity contribution in [2.24, 2.45) is 0 Å². The molecule has 148 valence electrons. The van der Waals surface area contributed by atoms with Crippen LogP contribution >= 0.6 is 12.4 Å². The molecule has 0 radical (unpaired) electrons. The first-order valence-electron chi connectivity index (χ1n) is 8.97. The Kier molecular flexibility index (Phi) is 10.7. The molecule has 2 rings (SSSR count). The molecule has 0 amide bonds. The molecule has 2 aromatic rings. The van der Waals surface area contributed by atoms with E-state index in [1.807, 2.05) is 24.3 Å². The minimum atomic E-state index is -0.722. The Morgan fingerprint density at radius 2 is 1.89 bits per heavy atom. The number of aliphatic hydroxyl groups excluding tert-OH is 1. The second-order valence-corrected chi connectivity index (χ2v) is 6.28. The molecule has 0 heterocycles. The summed E-state index contributed by atoms with van der Waals surface area (Å²) in [6.45, 7) is 3.37. The predicted octanol–water partition coefficient (Wildman–Crippen LogP) is 2.99. The molecule has 0 aliphatic carbocycles. The van der Waals surface area contributed by atoms with Crippen molar-refractivity contribution in [1.29, 1.82) is 0 Å². The van der Waals surface area contributed by atoms with E-state index in [-0.39, 0.29) is 30.5 Å². The van der Waals surface area contributed by atoms with E-state index in [0.29, 0.717) is 18.5 Å². The van der Waals surface area contributed by atoms with E-state index >= 15 is 0 Å². The quantitative estimate of drug-likeness (QED) is 0.404. The van der Waals surface area contributed by atoms with Crippen LogP contribution in [-0.2, 0) is 11.2 Å². The molecule has 3 N–H and O–H groups in total. The van der Waals surface area contributed by atoms with Gasteiger partial charge in [-0.05, 0) is 30.7 Å². The first kappa shape index (κ1) is 23.1. The van der Waals surface area contributed by atoms with Gasteiger partial charge in [0.25, 0.3) is 0 Å². The van der Waals surface area contributed by atoms with Gasteiger partial charge in [-0.15, -0.1) is 12.4 Å². The number of carbonyl (C=O) groups excluding carboxylic acids is 1. The van der Waals surface area contributed by atoms with Crippen LogP contribution in [-0.4, -0.2) is 47.9 Å². The molecular weight excluding hydrogens is 366 g/mol. The Bertz CT molecular complexity index is 681. The number of phenolic OH excluding ortho intramolecular Hbond substituents is 1. The van der Waals surface area contributed by atoms with E-state index in [2.05, 4.69) is 12.2 Å². The van der Waals surface area contributed by atoms with E-state index < -0.39 is 12.2 Å². The highest BCUT2D eigenvalue weighted by Gasteiger charge is 2.22. The standard InChI is InChI=1S/C21H27NO4.ClH/c1-2-11-22-14-19(24)15-26-20(13-16-7-6-10-18(23)12-16)21(25)17-8-4-3-5-9-17;/h3-10,12,19-20,22-24H,2,11,13-15H2,1H3;1H. The van der Waals surface area contributed by atoms with Gasteiger partial charge in [0.05, 0.1) is 12.7 Å². The maximum absolute atomic E-state index is 12.8. The van der Waals surface area contributed by atoms with Crippen molar-refractivity contribution in [2.75, 3.05) is 19.7 Å². The van der Waals surface area contributed by atoms with Gasteiger partial charge in [-0.1, -0.05) is 49.4 Å². The highest BCUT2D eigenvalue weighted by molar-refractivity contribution is 5.99. The molecule has 27 heavy (non-hydrogen) atoms. The molecule has 5 nitrogen and oxygen atoms in total. The van der Waals surface area contributed by atoms with Gasteiger partial charge in [0.15, 0.2) is 5.78 Å². The van der Waals surface area contributed by atoms with E-state index in [0.717, 1.165) is 18.5 Å². The largest absolute Gasteiger partial charge is 0.508 e. The second kappa shape index (κ2) is 12.5. The fourth-order valence-electron chi connectivity index (χ4n) is 2.64. The van der Waals surface area contributed by atoms with Crippen LogP contribution in [0.2, 0.25) is 0 Å². The summed E-state index contributed by atoms with van der Waals surface area (Å²) >= 11 is 0. The van der Waals surface area contributed by atoms with Crippen LogP contribution in [0.4, 0.5) is 0 Å². The van der Waals surface area contributed by atoms with Crippen molar-refractivity contribution in [3.63, 3.8) is 0 Å². The maximum atomic E-state index is 12.8. The van der Waals surface area contributed by atoms with Gasteiger partial charge >= 0.3 is 0 Å². The van der Waals surface area contributed by atoms with Crippen LogP contribution < -0.4 is 5.32 Å². The lowest BCUT2D eigenvalue weighted by Crippen LogP contribution is -2.35. The third-order valence-electron chi connectivity index (χ3n) is 3.98. The number of aromatic hydroxyl groups is 1. The van der Waals surface area contributed by atoms with E-state index in [1.165, 1.54) is 0 Å². The zero-order valence-corrected chi connectivity index (χ0v) is 16.3. The van der Waals surface area contributed by atoms with Crippen LogP contribution in [0, 0.1) is 0 Å². The van der Waals surface area contributed by atoms with Crippen molar-refractivity contribution in [2.45, 2.75) is 32.0 Å². The lowest BCUT2D eigenvalue weighted by atomic mass is 9.99. The van der Waals surface area contributed by atoms with Crippen LogP contribution in [0.3, 0.4) is 0 Å². The second-order valence-electron chi connectivity index (χ2n) is 6.28. The summed E-state index contributed by atoms with van der Waals surface area (Å²) in [6.07, 6.45) is -0.0888. The molecular formula is C21H28ClNO4. The number of hydrogen-bond acceptors (Lipinski definition) is 5. The van der Waals surface area contributed by atoms with Crippen molar-refractivity contribution < 1.29 is 19.7 Å². The van der Waals surface area contributed by atoms with Crippen molar-refractivity contribution in [1.82, 2.24) is 5.32 Å². The van der Waals surface area contributed by atoms with E-state index in [4.69, 9.17) is 4.74 Å². The molecule has 0 aromatic heterocycles. The third-order valence-corrected chi connectivity index (χ3v) is 3.98. The minimum absolute atomic E-state index is 0. The van der Waals surface area contributed by atoms with Crippen LogP contribution in [0.5, 0.6) is 5.75 Å². The summed E-state index contributed by atoms with van der Waals surface area (Å²) in [5.41, 5.74) is 1.37. The average molecular weight is 394 g/mol. The van der Waals surface area contributed by atoms with E-state index in [1.54, 1.807) is 30.3 Å². The number of benzene rings is 2. The first-order chi connectivity index (χ1) is 12.6. The SMILES string of the molecule is CCCNCC(O)COC(Cc1cccc(O)c1)C(=O)c1ccccc1.Cl. The summed E-state index contributed by atoms with van der Waals surface area (Å²) in [6, 6.07) is 15.7. The fourth-order valence-corrected chi connectivity index (χ4v) is 2.64. The number of ketones is 1. The summed E-state index contributed by atoms with van der Waals surface area (Å²) in [5.74, 6) is 0.0138. The molecule has 2 aromatic carbocycles. The van der Waals surface area contributed by atoms with Crippen molar-refractivity contribution >= 4 is 18.2 Å². The molecule has 0 fully saturated rings. The topological polar surface area (TPSA) is 78.8 Å².